The highest BCUT2D eigenvalue weighted by molar-refractivity contribution is 5.89. The van der Waals surface area contributed by atoms with E-state index in [0.29, 0.717) is 0 Å². The molecule has 4 heteroatoms. The van der Waals surface area contributed by atoms with Gasteiger partial charge in [0.05, 0.1) is 0 Å². The third-order valence-electron chi connectivity index (χ3n) is 2.94. The number of carbonyl (C=O) groups is 1. The number of nitrogens with one attached hydrogen (secondary N) is 1. The van der Waals surface area contributed by atoms with Gasteiger partial charge in [-0.15, -0.1) is 0 Å². The molecule has 1 heterocycles. The second kappa shape index (κ2) is 6.82. The van der Waals surface area contributed by atoms with Gasteiger partial charge in [0, 0.05) is 38.1 Å². The summed E-state index contributed by atoms with van der Waals surface area (Å²) in [5.74, 6) is -0.0487. The minimum Gasteiger partial charge on any atom is -0.326 e. The Balaban J connectivity index is 2.04. The average molecular weight is 269 g/mol. The van der Waals surface area contributed by atoms with Crippen LogP contribution in [0.4, 0.5) is 5.69 Å². The minimum absolute atomic E-state index is 0.0487. The molecule has 0 aliphatic heterocycles. The molecule has 104 valence electrons. The SMILES string of the molecule is CC(=O)Nc1ccccc1CN(C)Cc1cccnc1. The van der Waals surface area contributed by atoms with Crippen LogP contribution in [0.5, 0.6) is 0 Å². The third-order valence-corrected chi connectivity index (χ3v) is 2.94. The molecule has 0 bridgehead atoms. The van der Waals surface area contributed by atoms with Crippen molar-refractivity contribution < 1.29 is 4.79 Å². The molecule has 0 spiro atoms. The Kier molecular flexibility index (Phi) is 4.85. The van der Waals surface area contributed by atoms with Crippen LogP contribution in [0.25, 0.3) is 0 Å². The fraction of sp³-hybridized carbons (Fsp3) is 0.250. The van der Waals surface area contributed by atoms with E-state index in [0.717, 1.165) is 24.3 Å². The number of carbonyl (C=O) groups excluding carboxylic acids is 1. The lowest BCUT2D eigenvalue weighted by Crippen LogP contribution is -2.19. The smallest absolute Gasteiger partial charge is 0.221 e. The van der Waals surface area contributed by atoms with Crippen molar-refractivity contribution in [2.45, 2.75) is 20.0 Å². The molecule has 0 unspecified atom stereocenters. The summed E-state index contributed by atoms with van der Waals surface area (Å²) < 4.78 is 0. The molecular formula is C16H19N3O. The molecule has 0 saturated carbocycles. The molecule has 0 aliphatic rings. The standard InChI is InChI=1S/C16H19N3O/c1-13(20)18-16-8-4-3-7-15(16)12-19(2)11-14-6-5-9-17-10-14/h3-10H,11-12H2,1-2H3,(H,18,20). The van der Waals surface area contributed by atoms with Gasteiger partial charge in [-0.3, -0.25) is 14.7 Å². The number of hydrogen-bond acceptors (Lipinski definition) is 3. The van der Waals surface area contributed by atoms with Crippen molar-refractivity contribution >= 4 is 11.6 Å². The first kappa shape index (κ1) is 14.2. The first-order valence-corrected chi connectivity index (χ1v) is 6.58. The molecule has 1 aromatic heterocycles. The Labute approximate surface area is 119 Å². The quantitative estimate of drug-likeness (QED) is 0.907. The van der Waals surface area contributed by atoms with Crippen molar-refractivity contribution in [2.24, 2.45) is 0 Å². The molecular weight excluding hydrogens is 250 g/mol. The summed E-state index contributed by atoms with van der Waals surface area (Å²) in [5.41, 5.74) is 3.15. The molecule has 1 aromatic carbocycles. The zero-order chi connectivity index (χ0) is 14.4. The van der Waals surface area contributed by atoms with E-state index in [2.05, 4.69) is 28.3 Å². The predicted molar refractivity (Wildman–Crippen MR) is 80.2 cm³/mol. The van der Waals surface area contributed by atoms with Crippen LogP contribution in [0.15, 0.2) is 48.8 Å². The number of hydrogen-bond donors (Lipinski definition) is 1. The highest BCUT2D eigenvalue weighted by Crippen LogP contribution is 2.17. The number of anilines is 1. The van der Waals surface area contributed by atoms with E-state index in [4.69, 9.17) is 0 Å². The summed E-state index contributed by atoms with van der Waals surface area (Å²) in [4.78, 5) is 17.5. The van der Waals surface area contributed by atoms with Crippen molar-refractivity contribution in [3.8, 4) is 0 Å². The molecule has 0 fully saturated rings. The van der Waals surface area contributed by atoms with E-state index < -0.39 is 0 Å². The number of pyridine rings is 1. The third kappa shape index (κ3) is 4.17. The summed E-state index contributed by atoms with van der Waals surface area (Å²) in [5, 5.41) is 2.86. The number of para-hydroxylation sites is 1. The summed E-state index contributed by atoms with van der Waals surface area (Å²) in [6, 6.07) is 11.9. The normalized spacial score (nSPS) is 10.6. The Bertz CT molecular complexity index is 569. The van der Waals surface area contributed by atoms with Gasteiger partial charge in [-0.1, -0.05) is 24.3 Å². The van der Waals surface area contributed by atoms with Crippen LogP contribution in [0.2, 0.25) is 0 Å². The van der Waals surface area contributed by atoms with Gasteiger partial charge in [0.15, 0.2) is 0 Å². The maximum absolute atomic E-state index is 11.2. The molecule has 4 nitrogen and oxygen atoms in total. The van der Waals surface area contributed by atoms with Gasteiger partial charge in [0.25, 0.3) is 0 Å². The van der Waals surface area contributed by atoms with Gasteiger partial charge in [-0.25, -0.2) is 0 Å². The van der Waals surface area contributed by atoms with E-state index in [1.807, 2.05) is 36.5 Å². The lowest BCUT2D eigenvalue weighted by molar-refractivity contribution is -0.114. The number of rotatable bonds is 5. The first-order valence-electron chi connectivity index (χ1n) is 6.58. The summed E-state index contributed by atoms with van der Waals surface area (Å²) >= 11 is 0. The Hall–Kier alpha value is -2.20. The van der Waals surface area contributed by atoms with Crippen LogP contribution in [0, 0.1) is 0 Å². The molecule has 1 N–H and O–H groups in total. The number of benzene rings is 1. The zero-order valence-corrected chi connectivity index (χ0v) is 11.8. The van der Waals surface area contributed by atoms with E-state index >= 15 is 0 Å². The molecule has 0 saturated heterocycles. The topological polar surface area (TPSA) is 45.2 Å². The summed E-state index contributed by atoms with van der Waals surface area (Å²) in [6.45, 7) is 3.11. The summed E-state index contributed by atoms with van der Waals surface area (Å²) in [6.07, 6.45) is 3.64. The first-order chi connectivity index (χ1) is 9.65. The van der Waals surface area contributed by atoms with E-state index in [1.165, 1.54) is 12.5 Å². The second-order valence-electron chi connectivity index (χ2n) is 4.87. The highest BCUT2D eigenvalue weighted by atomic mass is 16.1. The van der Waals surface area contributed by atoms with Crippen LogP contribution < -0.4 is 5.32 Å². The van der Waals surface area contributed by atoms with Gasteiger partial charge >= 0.3 is 0 Å². The van der Waals surface area contributed by atoms with Crippen LogP contribution in [0.3, 0.4) is 0 Å². The fourth-order valence-electron chi connectivity index (χ4n) is 2.12. The Morgan fingerprint density at radius 2 is 2.00 bits per heavy atom. The molecule has 1 amide bonds. The van der Waals surface area contributed by atoms with Crippen LogP contribution in [0.1, 0.15) is 18.1 Å². The molecule has 2 rings (SSSR count). The number of amides is 1. The monoisotopic (exact) mass is 269 g/mol. The van der Waals surface area contributed by atoms with Crippen molar-refractivity contribution in [2.75, 3.05) is 12.4 Å². The van der Waals surface area contributed by atoms with Gasteiger partial charge in [-0.05, 0) is 30.3 Å². The number of aromatic nitrogens is 1. The second-order valence-corrected chi connectivity index (χ2v) is 4.87. The molecule has 0 atom stereocenters. The van der Waals surface area contributed by atoms with Gasteiger partial charge < -0.3 is 5.32 Å². The van der Waals surface area contributed by atoms with Crippen molar-refractivity contribution in [3.63, 3.8) is 0 Å². The lowest BCUT2D eigenvalue weighted by Gasteiger charge is -2.18. The van der Waals surface area contributed by atoms with Crippen LogP contribution in [-0.4, -0.2) is 22.8 Å². The van der Waals surface area contributed by atoms with Crippen molar-refractivity contribution in [1.82, 2.24) is 9.88 Å². The Morgan fingerprint density at radius 3 is 2.70 bits per heavy atom. The van der Waals surface area contributed by atoms with Crippen molar-refractivity contribution in [3.05, 3.63) is 59.9 Å². The maximum Gasteiger partial charge on any atom is 0.221 e. The maximum atomic E-state index is 11.2. The fourth-order valence-corrected chi connectivity index (χ4v) is 2.12. The molecule has 0 aliphatic carbocycles. The van der Waals surface area contributed by atoms with E-state index in [-0.39, 0.29) is 5.91 Å². The van der Waals surface area contributed by atoms with Crippen LogP contribution in [-0.2, 0) is 17.9 Å². The molecule has 20 heavy (non-hydrogen) atoms. The van der Waals surface area contributed by atoms with Gasteiger partial charge in [0.1, 0.15) is 0 Å². The molecule has 0 radical (unpaired) electrons. The van der Waals surface area contributed by atoms with E-state index in [9.17, 15) is 4.79 Å². The zero-order valence-electron chi connectivity index (χ0n) is 11.8. The predicted octanol–water partition coefficient (Wildman–Crippen LogP) is 2.67. The van der Waals surface area contributed by atoms with Gasteiger partial charge in [0.2, 0.25) is 5.91 Å². The van der Waals surface area contributed by atoms with Gasteiger partial charge in [-0.2, -0.15) is 0 Å². The van der Waals surface area contributed by atoms with Crippen molar-refractivity contribution in [1.29, 1.82) is 0 Å². The number of nitrogens with zero attached hydrogens (tertiary/aromatic N) is 2. The minimum atomic E-state index is -0.0487. The summed E-state index contributed by atoms with van der Waals surface area (Å²) in [7, 11) is 2.05. The highest BCUT2D eigenvalue weighted by Gasteiger charge is 2.07. The molecule has 2 aromatic rings. The van der Waals surface area contributed by atoms with Crippen LogP contribution >= 0.6 is 0 Å². The largest absolute Gasteiger partial charge is 0.326 e. The van der Waals surface area contributed by atoms with E-state index in [1.54, 1.807) is 6.20 Å². The average Bonchev–Trinajstić information content (AvgIpc) is 2.41. The Morgan fingerprint density at radius 1 is 1.20 bits per heavy atom. The lowest BCUT2D eigenvalue weighted by atomic mass is 10.1.